The highest BCUT2D eigenvalue weighted by atomic mass is 16.5. The summed E-state index contributed by atoms with van der Waals surface area (Å²) in [6, 6.07) is 14.1. The predicted octanol–water partition coefficient (Wildman–Crippen LogP) is 3.07. The first-order chi connectivity index (χ1) is 16.2. The monoisotopic (exact) mass is 467 g/mol. The van der Waals surface area contributed by atoms with E-state index >= 15 is 0 Å². The standard InChI is InChI=1S/C26H33N3O5/c1-16(2)13-22(25(31)32)27-24(30)23(14-29(3)4)28-26(33)34-15-21-19-11-7-5-9-17(19)18-10-6-8-12-20(18)21/h5-12,16,21-23H,13-15H2,1-4H3,(H,27,30)(H,28,33)(H,31,32)/t22?,23-/m0/s1. The van der Waals surface area contributed by atoms with Crippen molar-refractivity contribution >= 4 is 18.0 Å². The number of fused-ring (bicyclic) bond motifs is 3. The lowest BCUT2D eigenvalue weighted by Gasteiger charge is -2.24. The van der Waals surface area contributed by atoms with Gasteiger partial charge in [0.1, 0.15) is 18.7 Å². The van der Waals surface area contributed by atoms with Crippen LogP contribution < -0.4 is 10.6 Å². The Morgan fingerprint density at radius 2 is 1.50 bits per heavy atom. The second kappa shape index (κ2) is 11.2. The Bertz CT molecular complexity index is 991. The molecule has 0 spiro atoms. The van der Waals surface area contributed by atoms with E-state index in [-0.39, 0.29) is 25.0 Å². The molecule has 0 heterocycles. The van der Waals surface area contributed by atoms with Crippen molar-refractivity contribution in [1.29, 1.82) is 0 Å². The molecule has 2 aromatic carbocycles. The molecule has 8 heteroatoms. The van der Waals surface area contributed by atoms with Crippen molar-refractivity contribution < 1.29 is 24.2 Å². The lowest BCUT2D eigenvalue weighted by Crippen LogP contribution is -2.55. The van der Waals surface area contributed by atoms with E-state index in [1.54, 1.807) is 19.0 Å². The number of alkyl carbamates (subject to hydrolysis) is 1. The number of carbonyl (C=O) groups excluding carboxylic acids is 2. The molecule has 8 nitrogen and oxygen atoms in total. The van der Waals surface area contributed by atoms with Gasteiger partial charge >= 0.3 is 12.1 Å². The highest BCUT2D eigenvalue weighted by Gasteiger charge is 2.31. The van der Waals surface area contributed by atoms with Gasteiger partial charge in [-0.2, -0.15) is 0 Å². The molecule has 0 saturated heterocycles. The molecule has 1 unspecified atom stereocenters. The van der Waals surface area contributed by atoms with Crippen LogP contribution >= 0.6 is 0 Å². The summed E-state index contributed by atoms with van der Waals surface area (Å²) in [6.45, 7) is 4.09. The topological polar surface area (TPSA) is 108 Å². The van der Waals surface area contributed by atoms with E-state index in [1.807, 2.05) is 50.2 Å². The summed E-state index contributed by atoms with van der Waals surface area (Å²) in [6.07, 6.45) is -0.430. The van der Waals surface area contributed by atoms with E-state index in [4.69, 9.17) is 4.74 Å². The van der Waals surface area contributed by atoms with Crippen molar-refractivity contribution in [2.75, 3.05) is 27.2 Å². The van der Waals surface area contributed by atoms with Crippen LogP contribution in [0.15, 0.2) is 48.5 Å². The maximum absolute atomic E-state index is 12.8. The van der Waals surface area contributed by atoms with Gasteiger partial charge in [0.25, 0.3) is 0 Å². The molecular formula is C26H33N3O5. The fourth-order valence-corrected chi connectivity index (χ4v) is 4.31. The van der Waals surface area contributed by atoms with Gasteiger partial charge in [-0.3, -0.25) is 4.79 Å². The van der Waals surface area contributed by atoms with Crippen LogP contribution in [0.25, 0.3) is 11.1 Å². The lowest BCUT2D eigenvalue weighted by molar-refractivity contribution is -0.142. The maximum Gasteiger partial charge on any atom is 0.407 e. The number of hydrogen-bond acceptors (Lipinski definition) is 5. The van der Waals surface area contributed by atoms with Crippen molar-refractivity contribution in [3.63, 3.8) is 0 Å². The minimum absolute atomic E-state index is 0.0868. The molecule has 0 bridgehead atoms. The van der Waals surface area contributed by atoms with Gasteiger partial charge in [-0.05, 0) is 48.7 Å². The third kappa shape index (κ3) is 6.14. The molecule has 3 rings (SSSR count). The van der Waals surface area contributed by atoms with Crippen LogP contribution in [0.1, 0.15) is 37.3 Å². The fourth-order valence-electron chi connectivity index (χ4n) is 4.31. The summed E-state index contributed by atoms with van der Waals surface area (Å²) < 4.78 is 5.55. The van der Waals surface area contributed by atoms with Crippen LogP contribution in [0, 0.1) is 5.92 Å². The highest BCUT2D eigenvalue weighted by molar-refractivity contribution is 5.89. The number of aliphatic carboxylic acids is 1. The van der Waals surface area contributed by atoms with E-state index in [1.165, 1.54) is 0 Å². The number of likely N-dealkylation sites (N-methyl/N-ethyl adjacent to an activating group) is 1. The number of nitrogens with zero attached hydrogens (tertiary/aromatic N) is 1. The van der Waals surface area contributed by atoms with E-state index < -0.39 is 30.1 Å². The molecule has 2 amide bonds. The molecule has 0 aromatic heterocycles. The lowest BCUT2D eigenvalue weighted by atomic mass is 9.98. The molecule has 34 heavy (non-hydrogen) atoms. The largest absolute Gasteiger partial charge is 0.480 e. The zero-order valence-corrected chi connectivity index (χ0v) is 20.1. The van der Waals surface area contributed by atoms with E-state index in [2.05, 4.69) is 22.8 Å². The first-order valence-corrected chi connectivity index (χ1v) is 11.5. The van der Waals surface area contributed by atoms with Crippen molar-refractivity contribution in [3.05, 3.63) is 59.7 Å². The van der Waals surface area contributed by atoms with Gasteiger partial charge in [0.2, 0.25) is 5.91 Å². The normalized spacial score (nSPS) is 14.3. The number of benzene rings is 2. The Labute approximate surface area is 200 Å². The Hall–Kier alpha value is -3.39. The molecule has 2 aromatic rings. The average molecular weight is 468 g/mol. The predicted molar refractivity (Wildman–Crippen MR) is 130 cm³/mol. The number of amides is 2. The molecule has 1 aliphatic carbocycles. The number of carbonyl (C=O) groups is 3. The van der Waals surface area contributed by atoms with Gasteiger partial charge in [-0.15, -0.1) is 0 Å². The van der Waals surface area contributed by atoms with E-state index in [9.17, 15) is 19.5 Å². The molecular weight excluding hydrogens is 434 g/mol. The number of ether oxygens (including phenoxy) is 1. The highest BCUT2D eigenvalue weighted by Crippen LogP contribution is 2.44. The van der Waals surface area contributed by atoms with Crippen molar-refractivity contribution in [2.45, 2.75) is 38.3 Å². The van der Waals surface area contributed by atoms with Crippen molar-refractivity contribution in [1.82, 2.24) is 15.5 Å². The summed E-state index contributed by atoms with van der Waals surface area (Å²) in [5, 5.41) is 14.6. The van der Waals surface area contributed by atoms with E-state index in [0.717, 1.165) is 22.3 Å². The molecule has 0 radical (unpaired) electrons. The van der Waals surface area contributed by atoms with Crippen LogP contribution in [0.4, 0.5) is 4.79 Å². The van der Waals surface area contributed by atoms with Crippen LogP contribution in [0.3, 0.4) is 0 Å². The van der Waals surface area contributed by atoms with Crippen LogP contribution in [-0.4, -0.2) is 67.3 Å². The molecule has 3 N–H and O–H groups in total. The zero-order valence-electron chi connectivity index (χ0n) is 20.1. The third-order valence-electron chi connectivity index (χ3n) is 5.82. The van der Waals surface area contributed by atoms with E-state index in [0.29, 0.717) is 6.42 Å². The van der Waals surface area contributed by atoms with Crippen LogP contribution in [0.2, 0.25) is 0 Å². The van der Waals surface area contributed by atoms with Crippen LogP contribution in [0.5, 0.6) is 0 Å². The van der Waals surface area contributed by atoms with Crippen molar-refractivity contribution in [2.24, 2.45) is 5.92 Å². The van der Waals surface area contributed by atoms with Gasteiger partial charge in [0.05, 0.1) is 0 Å². The number of hydrogen-bond donors (Lipinski definition) is 3. The first-order valence-electron chi connectivity index (χ1n) is 11.5. The number of nitrogens with one attached hydrogen (secondary N) is 2. The molecule has 0 fully saturated rings. The van der Waals surface area contributed by atoms with Gasteiger partial charge in [0, 0.05) is 12.5 Å². The summed E-state index contributed by atoms with van der Waals surface area (Å²) in [5.41, 5.74) is 4.44. The van der Waals surface area contributed by atoms with Gasteiger partial charge in [-0.1, -0.05) is 62.4 Å². The molecule has 0 saturated carbocycles. The minimum atomic E-state index is -1.10. The number of rotatable bonds is 10. The fraction of sp³-hybridized carbons (Fsp3) is 0.423. The molecule has 2 atom stereocenters. The Morgan fingerprint density at radius 1 is 0.941 bits per heavy atom. The van der Waals surface area contributed by atoms with Gasteiger partial charge in [0.15, 0.2) is 0 Å². The Kier molecular flexibility index (Phi) is 8.28. The van der Waals surface area contributed by atoms with Crippen LogP contribution in [-0.2, 0) is 14.3 Å². The second-order valence-corrected chi connectivity index (χ2v) is 9.31. The molecule has 1 aliphatic rings. The number of carboxylic acids is 1. The maximum atomic E-state index is 12.8. The summed E-state index contributed by atoms with van der Waals surface area (Å²) in [4.78, 5) is 38.8. The SMILES string of the molecule is CC(C)CC(NC(=O)[C@H](CN(C)C)NC(=O)OCC1c2ccccc2-c2ccccc21)C(=O)O. The Balaban J connectivity index is 1.66. The quantitative estimate of drug-likeness (QED) is 0.496. The summed E-state index contributed by atoms with van der Waals surface area (Å²) >= 11 is 0. The van der Waals surface area contributed by atoms with Gasteiger partial charge < -0.3 is 25.4 Å². The second-order valence-electron chi connectivity index (χ2n) is 9.31. The van der Waals surface area contributed by atoms with Crippen molar-refractivity contribution in [3.8, 4) is 11.1 Å². The zero-order chi connectivity index (χ0) is 24.8. The minimum Gasteiger partial charge on any atom is -0.480 e. The molecule has 0 aliphatic heterocycles. The number of carboxylic acid groups (broad SMARTS) is 1. The smallest absolute Gasteiger partial charge is 0.407 e. The summed E-state index contributed by atoms with van der Waals surface area (Å²) in [5.74, 6) is -1.67. The van der Waals surface area contributed by atoms with Gasteiger partial charge in [-0.25, -0.2) is 9.59 Å². The average Bonchev–Trinajstić information content (AvgIpc) is 3.10. The third-order valence-corrected chi connectivity index (χ3v) is 5.82. The first kappa shape index (κ1) is 25.2. The molecule has 182 valence electrons. The Morgan fingerprint density at radius 3 is 2.00 bits per heavy atom. The summed E-state index contributed by atoms with van der Waals surface area (Å²) in [7, 11) is 3.53.